The fraction of sp³-hybridized carbons (Fsp3) is 0.600. The predicted molar refractivity (Wildman–Crippen MR) is 50.1 cm³/mol. The van der Waals surface area contributed by atoms with Gasteiger partial charge in [0.25, 0.3) is 0 Å². The van der Waals surface area contributed by atoms with Crippen LogP contribution in [0.15, 0.2) is 16.9 Å². The van der Waals surface area contributed by atoms with Gasteiger partial charge in [0.15, 0.2) is 0 Å². The van der Waals surface area contributed by atoms with Crippen molar-refractivity contribution in [1.82, 2.24) is 10.5 Å². The van der Waals surface area contributed by atoms with Gasteiger partial charge in [-0.25, -0.2) is 0 Å². The fourth-order valence-corrected chi connectivity index (χ4v) is 1.54. The second kappa shape index (κ2) is 3.81. The first kappa shape index (κ1) is 9.22. The van der Waals surface area contributed by atoms with Crippen LogP contribution >= 0.6 is 0 Å². The van der Waals surface area contributed by atoms with Crippen molar-refractivity contribution < 1.29 is 4.52 Å². The molecule has 0 spiro atoms. The van der Waals surface area contributed by atoms with Gasteiger partial charge < -0.3 is 9.84 Å². The smallest absolute Gasteiger partial charge is 0.124 e. The van der Waals surface area contributed by atoms with E-state index in [-0.39, 0.29) is 5.41 Å². The Morgan fingerprint density at radius 2 is 2.50 bits per heavy atom. The number of aromatic nitrogens is 1. The van der Waals surface area contributed by atoms with Crippen LogP contribution in [0.5, 0.6) is 0 Å². The highest BCUT2D eigenvalue weighted by molar-refractivity contribution is 5.01. The monoisotopic (exact) mass is 191 g/mol. The summed E-state index contributed by atoms with van der Waals surface area (Å²) in [5.41, 5.74) is 1.18. The average Bonchev–Trinajstić information content (AvgIpc) is 2.75. The summed E-state index contributed by atoms with van der Waals surface area (Å²) in [7, 11) is 0. The van der Waals surface area contributed by atoms with Crippen LogP contribution in [0, 0.1) is 16.7 Å². The number of nitrogens with one attached hydrogen (secondary N) is 1. The van der Waals surface area contributed by atoms with E-state index in [1.54, 1.807) is 6.26 Å². The van der Waals surface area contributed by atoms with Crippen LogP contribution in [0.3, 0.4) is 0 Å². The van der Waals surface area contributed by atoms with E-state index in [4.69, 9.17) is 9.78 Å². The van der Waals surface area contributed by atoms with Crippen molar-refractivity contribution in [1.29, 1.82) is 5.26 Å². The van der Waals surface area contributed by atoms with Gasteiger partial charge in [-0.1, -0.05) is 5.16 Å². The van der Waals surface area contributed by atoms with Gasteiger partial charge in [-0.3, -0.25) is 0 Å². The molecule has 14 heavy (non-hydrogen) atoms. The highest BCUT2D eigenvalue weighted by Gasteiger charge is 2.41. The molecule has 1 aromatic heterocycles. The summed E-state index contributed by atoms with van der Waals surface area (Å²) < 4.78 is 4.72. The average molecular weight is 191 g/mol. The van der Waals surface area contributed by atoms with Crippen molar-refractivity contribution >= 4 is 0 Å². The molecular formula is C10H13N3O. The quantitative estimate of drug-likeness (QED) is 0.765. The molecule has 0 saturated heterocycles. The second-order valence-electron chi connectivity index (χ2n) is 3.93. The molecule has 1 heterocycles. The molecule has 0 atom stereocenters. The molecule has 0 radical (unpaired) electrons. The lowest BCUT2D eigenvalue weighted by Crippen LogP contribution is -2.23. The zero-order valence-electron chi connectivity index (χ0n) is 7.99. The zero-order chi connectivity index (χ0) is 9.86. The van der Waals surface area contributed by atoms with Crippen molar-refractivity contribution in [3.05, 3.63) is 18.0 Å². The Labute approximate surface area is 82.9 Å². The Balaban J connectivity index is 1.71. The van der Waals surface area contributed by atoms with Gasteiger partial charge in [-0.15, -0.1) is 0 Å². The Kier molecular flexibility index (Phi) is 2.51. The third-order valence-corrected chi connectivity index (χ3v) is 2.71. The molecule has 4 heteroatoms. The van der Waals surface area contributed by atoms with Crippen molar-refractivity contribution in [3.8, 4) is 6.07 Å². The van der Waals surface area contributed by atoms with E-state index in [0.717, 1.165) is 18.8 Å². The lowest BCUT2D eigenvalue weighted by Gasteiger charge is -2.10. The number of nitriles is 1. The predicted octanol–water partition coefficient (Wildman–Crippen LogP) is 1.46. The number of rotatable bonds is 5. The van der Waals surface area contributed by atoms with E-state index in [9.17, 15) is 0 Å². The van der Waals surface area contributed by atoms with Crippen LogP contribution in [0.25, 0.3) is 0 Å². The van der Waals surface area contributed by atoms with Gasteiger partial charge in [0.1, 0.15) is 6.26 Å². The minimum atomic E-state index is 0.262. The van der Waals surface area contributed by atoms with Gasteiger partial charge in [0, 0.05) is 25.6 Å². The van der Waals surface area contributed by atoms with Gasteiger partial charge in [-0.05, 0) is 18.3 Å². The van der Waals surface area contributed by atoms with Crippen molar-refractivity contribution in [2.75, 3.05) is 6.54 Å². The number of nitrogens with zero attached hydrogens (tertiary/aromatic N) is 2. The largest absolute Gasteiger partial charge is 0.364 e. The highest BCUT2D eigenvalue weighted by Crippen LogP contribution is 2.47. The van der Waals surface area contributed by atoms with Crippen LogP contribution < -0.4 is 5.32 Å². The van der Waals surface area contributed by atoms with Gasteiger partial charge >= 0.3 is 0 Å². The van der Waals surface area contributed by atoms with Crippen LogP contribution in [0.2, 0.25) is 0 Å². The lowest BCUT2D eigenvalue weighted by atomic mass is 10.0. The SMILES string of the molecule is N#CCC1(CNCc2ccon2)CC1. The summed E-state index contributed by atoms with van der Waals surface area (Å²) in [6, 6.07) is 4.08. The molecule has 2 rings (SSSR count). The van der Waals surface area contributed by atoms with Crippen molar-refractivity contribution in [2.45, 2.75) is 25.8 Å². The molecule has 1 N–H and O–H groups in total. The highest BCUT2D eigenvalue weighted by atomic mass is 16.5. The lowest BCUT2D eigenvalue weighted by molar-refractivity contribution is 0.403. The zero-order valence-corrected chi connectivity index (χ0v) is 7.99. The molecule has 0 aromatic carbocycles. The third kappa shape index (κ3) is 2.12. The molecule has 1 aliphatic rings. The van der Waals surface area contributed by atoms with E-state index < -0.39 is 0 Å². The number of hydrogen-bond acceptors (Lipinski definition) is 4. The summed E-state index contributed by atoms with van der Waals surface area (Å²) >= 11 is 0. The molecular weight excluding hydrogens is 178 g/mol. The maximum absolute atomic E-state index is 8.62. The molecule has 0 unspecified atom stereocenters. The molecule has 0 aliphatic heterocycles. The second-order valence-corrected chi connectivity index (χ2v) is 3.93. The molecule has 1 fully saturated rings. The van der Waals surface area contributed by atoms with Gasteiger partial charge in [-0.2, -0.15) is 5.26 Å². The first-order chi connectivity index (χ1) is 6.85. The maximum Gasteiger partial charge on any atom is 0.124 e. The molecule has 0 amide bonds. The molecule has 0 bridgehead atoms. The Bertz CT molecular complexity index is 322. The Hall–Kier alpha value is -1.34. The summed E-state index contributed by atoms with van der Waals surface area (Å²) in [5, 5.41) is 15.7. The molecule has 4 nitrogen and oxygen atoms in total. The molecule has 74 valence electrons. The standard InChI is InChI=1S/C10H13N3O/c11-5-4-10(2-3-10)8-12-7-9-1-6-14-13-9/h1,6,12H,2-4,7-8H2. The fourth-order valence-electron chi connectivity index (χ4n) is 1.54. The van der Waals surface area contributed by atoms with Crippen LogP contribution in [0.1, 0.15) is 25.0 Å². The summed E-state index contributed by atoms with van der Waals surface area (Å²) in [5.74, 6) is 0. The van der Waals surface area contributed by atoms with E-state index in [1.165, 1.54) is 12.8 Å². The molecule has 1 aliphatic carbocycles. The normalized spacial score (nSPS) is 17.6. The first-order valence-electron chi connectivity index (χ1n) is 4.82. The van der Waals surface area contributed by atoms with Crippen LogP contribution in [-0.2, 0) is 6.54 Å². The third-order valence-electron chi connectivity index (χ3n) is 2.71. The summed E-state index contributed by atoms with van der Waals surface area (Å²) in [6.07, 6.45) is 4.58. The van der Waals surface area contributed by atoms with Crippen LogP contribution in [0.4, 0.5) is 0 Å². The van der Waals surface area contributed by atoms with E-state index in [2.05, 4.69) is 16.5 Å². The van der Waals surface area contributed by atoms with Gasteiger partial charge in [0.2, 0.25) is 0 Å². The first-order valence-corrected chi connectivity index (χ1v) is 4.82. The van der Waals surface area contributed by atoms with E-state index in [1.807, 2.05) is 6.07 Å². The summed E-state index contributed by atoms with van der Waals surface area (Å²) in [6.45, 7) is 1.64. The summed E-state index contributed by atoms with van der Waals surface area (Å²) in [4.78, 5) is 0. The maximum atomic E-state index is 8.62. The molecule has 1 saturated carbocycles. The Morgan fingerprint density at radius 3 is 3.07 bits per heavy atom. The van der Waals surface area contributed by atoms with Gasteiger partial charge in [0.05, 0.1) is 11.8 Å². The topological polar surface area (TPSA) is 61.9 Å². The van der Waals surface area contributed by atoms with E-state index >= 15 is 0 Å². The van der Waals surface area contributed by atoms with E-state index in [0.29, 0.717) is 6.42 Å². The molecule has 1 aromatic rings. The Morgan fingerprint density at radius 1 is 1.64 bits per heavy atom. The van der Waals surface area contributed by atoms with Crippen LogP contribution in [-0.4, -0.2) is 11.7 Å². The van der Waals surface area contributed by atoms with Crippen molar-refractivity contribution in [3.63, 3.8) is 0 Å². The minimum Gasteiger partial charge on any atom is -0.364 e. The van der Waals surface area contributed by atoms with Crippen molar-refractivity contribution in [2.24, 2.45) is 5.41 Å². The number of hydrogen-bond donors (Lipinski definition) is 1. The minimum absolute atomic E-state index is 0.262.